The van der Waals surface area contributed by atoms with Crippen LogP contribution in [0, 0.1) is 6.92 Å². The summed E-state index contributed by atoms with van der Waals surface area (Å²) in [5.41, 5.74) is 1.97. The molecule has 1 rings (SSSR count). The third kappa shape index (κ3) is 2.31. The highest BCUT2D eigenvalue weighted by Gasteiger charge is 1.84. The zero-order valence-electron chi connectivity index (χ0n) is 5.87. The van der Waals surface area contributed by atoms with Crippen molar-refractivity contribution in [2.75, 3.05) is 0 Å². The Morgan fingerprint density at radius 1 is 1.50 bits per heavy atom. The molecule has 1 aromatic rings. The predicted octanol–water partition coefficient (Wildman–Crippen LogP) is 2.61. The van der Waals surface area contributed by atoms with Crippen LogP contribution in [0.4, 0.5) is 0 Å². The lowest BCUT2D eigenvalue weighted by Crippen LogP contribution is -1.81. The van der Waals surface area contributed by atoms with Gasteiger partial charge >= 0.3 is 0 Å². The molecule has 2 heteroatoms. The van der Waals surface area contributed by atoms with Crippen LogP contribution in [0.25, 0.3) is 6.08 Å². The Balaban J connectivity index is 0.000000810. The van der Waals surface area contributed by atoms with Crippen LogP contribution in [0.1, 0.15) is 11.4 Å². The maximum absolute atomic E-state index is 4.17. The van der Waals surface area contributed by atoms with E-state index in [4.69, 9.17) is 0 Å². The quantitative estimate of drug-likeness (QED) is 0.678. The molecule has 0 amide bonds. The molecule has 10 heavy (non-hydrogen) atoms. The summed E-state index contributed by atoms with van der Waals surface area (Å²) in [6.45, 7) is 5.57. The first-order valence-corrected chi connectivity index (χ1v) is 2.89. The summed E-state index contributed by atoms with van der Waals surface area (Å²) in [7, 11) is 0. The van der Waals surface area contributed by atoms with E-state index in [1.807, 2.05) is 25.1 Å². The predicted molar refractivity (Wildman–Crippen MR) is 49.4 cm³/mol. The van der Waals surface area contributed by atoms with E-state index < -0.39 is 0 Å². The van der Waals surface area contributed by atoms with Gasteiger partial charge in [0.05, 0.1) is 5.69 Å². The molecule has 0 saturated heterocycles. The highest BCUT2D eigenvalue weighted by atomic mass is 79.9. The van der Waals surface area contributed by atoms with Crippen LogP contribution in [-0.2, 0) is 0 Å². The van der Waals surface area contributed by atoms with Crippen LogP contribution in [0.2, 0.25) is 0 Å². The van der Waals surface area contributed by atoms with Crippen LogP contribution in [0.3, 0.4) is 0 Å². The molecule has 0 aliphatic carbocycles. The van der Waals surface area contributed by atoms with Crippen LogP contribution >= 0.6 is 17.0 Å². The van der Waals surface area contributed by atoms with Crippen molar-refractivity contribution in [1.82, 2.24) is 4.98 Å². The van der Waals surface area contributed by atoms with Crippen molar-refractivity contribution >= 4 is 23.1 Å². The Morgan fingerprint density at radius 3 is 2.60 bits per heavy atom. The maximum Gasteiger partial charge on any atom is 0.0626 e. The van der Waals surface area contributed by atoms with Gasteiger partial charge in [-0.1, -0.05) is 12.6 Å². The van der Waals surface area contributed by atoms with Gasteiger partial charge in [-0.2, -0.15) is 0 Å². The molecule has 0 fully saturated rings. The Hall–Kier alpha value is -0.630. The number of rotatable bonds is 1. The Morgan fingerprint density at radius 2 is 2.20 bits per heavy atom. The summed E-state index contributed by atoms with van der Waals surface area (Å²) < 4.78 is 0. The SMILES string of the molecule is Br.C=Cc1cccc(C)n1. The molecule has 1 aromatic heterocycles. The Bertz CT molecular complexity index is 220. The topological polar surface area (TPSA) is 12.9 Å². The number of aryl methyl sites for hydroxylation is 1. The summed E-state index contributed by atoms with van der Waals surface area (Å²) in [4.78, 5) is 4.17. The van der Waals surface area contributed by atoms with E-state index in [1.54, 1.807) is 6.08 Å². The van der Waals surface area contributed by atoms with Crippen molar-refractivity contribution in [3.8, 4) is 0 Å². The first-order chi connectivity index (χ1) is 4.33. The molecule has 0 aliphatic rings. The fourth-order valence-corrected chi connectivity index (χ4v) is 0.678. The van der Waals surface area contributed by atoms with E-state index in [1.165, 1.54) is 0 Å². The van der Waals surface area contributed by atoms with E-state index in [-0.39, 0.29) is 17.0 Å². The molecule has 0 aliphatic heterocycles. The first kappa shape index (κ1) is 9.37. The number of hydrogen-bond acceptors (Lipinski definition) is 1. The second-order valence-corrected chi connectivity index (χ2v) is 1.91. The Labute approximate surface area is 71.6 Å². The molecule has 0 atom stereocenters. The van der Waals surface area contributed by atoms with E-state index in [0.717, 1.165) is 11.4 Å². The average molecular weight is 200 g/mol. The van der Waals surface area contributed by atoms with Crippen LogP contribution in [-0.4, -0.2) is 4.98 Å². The van der Waals surface area contributed by atoms with Gasteiger partial charge in [0.15, 0.2) is 0 Å². The van der Waals surface area contributed by atoms with E-state index in [9.17, 15) is 0 Å². The molecule has 0 bridgehead atoms. The molecule has 1 nitrogen and oxygen atoms in total. The fraction of sp³-hybridized carbons (Fsp3) is 0.125. The van der Waals surface area contributed by atoms with Crippen molar-refractivity contribution < 1.29 is 0 Å². The van der Waals surface area contributed by atoms with Crippen molar-refractivity contribution in [2.24, 2.45) is 0 Å². The minimum Gasteiger partial charge on any atom is -0.254 e. The number of halogens is 1. The second kappa shape index (κ2) is 4.23. The van der Waals surface area contributed by atoms with Gasteiger partial charge in [0.2, 0.25) is 0 Å². The smallest absolute Gasteiger partial charge is 0.0626 e. The summed E-state index contributed by atoms with van der Waals surface area (Å²) >= 11 is 0. The van der Waals surface area contributed by atoms with Crippen LogP contribution in [0.5, 0.6) is 0 Å². The van der Waals surface area contributed by atoms with Gasteiger partial charge in [0, 0.05) is 5.69 Å². The maximum atomic E-state index is 4.17. The van der Waals surface area contributed by atoms with Gasteiger partial charge in [0.1, 0.15) is 0 Å². The summed E-state index contributed by atoms with van der Waals surface area (Å²) in [6.07, 6.45) is 1.74. The molecular weight excluding hydrogens is 190 g/mol. The Kier molecular flexibility index (Phi) is 3.96. The van der Waals surface area contributed by atoms with E-state index in [0.29, 0.717) is 0 Å². The third-order valence-corrected chi connectivity index (χ3v) is 1.12. The molecule has 0 aromatic carbocycles. The number of nitrogens with zero attached hydrogens (tertiary/aromatic N) is 1. The van der Waals surface area contributed by atoms with Crippen molar-refractivity contribution in [2.45, 2.75) is 6.92 Å². The molecule has 0 saturated carbocycles. The van der Waals surface area contributed by atoms with Gasteiger partial charge in [-0.05, 0) is 25.1 Å². The zero-order chi connectivity index (χ0) is 6.69. The van der Waals surface area contributed by atoms with E-state index in [2.05, 4.69) is 11.6 Å². The molecule has 0 N–H and O–H groups in total. The fourth-order valence-electron chi connectivity index (χ4n) is 0.678. The number of pyridine rings is 1. The molecular formula is C8H10BrN. The molecule has 0 spiro atoms. The van der Waals surface area contributed by atoms with Gasteiger partial charge in [-0.3, -0.25) is 4.98 Å². The average Bonchev–Trinajstić information content (AvgIpc) is 1.88. The van der Waals surface area contributed by atoms with Crippen LogP contribution in [0.15, 0.2) is 24.8 Å². The van der Waals surface area contributed by atoms with E-state index >= 15 is 0 Å². The van der Waals surface area contributed by atoms with Crippen molar-refractivity contribution in [3.63, 3.8) is 0 Å². The van der Waals surface area contributed by atoms with Crippen molar-refractivity contribution in [1.29, 1.82) is 0 Å². The lowest BCUT2D eigenvalue weighted by Gasteiger charge is -1.91. The molecule has 54 valence electrons. The van der Waals surface area contributed by atoms with Crippen LogP contribution < -0.4 is 0 Å². The lowest BCUT2D eigenvalue weighted by molar-refractivity contribution is 1.18. The van der Waals surface area contributed by atoms with Gasteiger partial charge in [-0.15, -0.1) is 17.0 Å². The minimum absolute atomic E-state index is 0. The standard InChI is InChI=1S/C8H9N.BrH/c1-3-8-6-4-5-7(2)9-8;/h3-6H,1H2,2H3;1H. The second-order valence-electron chi connectivity index (χ2n) is 1.91. The summed E-state index contributed by atoms with van der Waals surface area (Å²) in [6, 6.07) is 5.87. The summed E-state index contributed by atoms with van der Waals surface area (Å²) in [5, 5.41) is 0. The summed E-state index contributed by atoms with van der Waals surface area (Å²) in [5.74, 6) is 0. The number of hydrogen-bond donors (Lipinski definition) is 0. The lowest BCUT2D eigenvalue weighted by atomic mass is 10.3. The van der Waals surface area contributed by atoms with Gasteiger partial charge in [0.25, 0.3) is 0 Å². The molecule has 0 radical (unpaired) electrons. The highest BCUT2D eigenvalue weighted by molar-refractivity contribution is 8.93. The monoisotopic (exact) mass is 199 g/mol. The molecule has 0 unspecified atom stereocenters. The van der Waals surface area contributed by atoms with Gasteiger partial charge < -0.3 is 0 Å². The minimum atomic E-state index is 0. The largest absolute Gasteiger partial charge is 0.254 e. The normalized spacial score (nSPS) is 8.10. The first-order valence-electron chi connectivity index (χ1n) is 2.89. The highest BCUT2D eigenvalue weighted by Crippen LogP contribution is 1.97. The molecule has 1 heterocycles. The zero-order valence-corrected chi connectivity index (χ0v) is 7.59. The van der Waals surface area contributed by atoms with Gasteiger partial charge in [-0.25, -0.2) is 0 Å². The third-order valence-electron chi connectivity index (χ3n) is 1.12. The van der Waals surface area contributed by atoms with Crippen molar-refractivity contribution in [3.05, 3.63) is 36.2 Å². The number of aromatic nitrogens is 1.